The highest BCUT2D eigenvalue weighted by Gasteiger charge is 2.21. The van der Waals surface area contributed by atoms with Gasteiger partial charge in [-0.15, -0.1) is 0 Å². The SMILES string of the molecule is Cc1ccccc1CNc1nc(N2CCN(Cc3ccccc3)CC2)nc2c1cnn2C. The molecular formula is C25H29N7. The van der Waals surface area contributed by atoms with Crippen molar-refractivity contribution in [1.29, 1.82) is 0 Å². The van der Waals surface area contributed by atoms with Crippen molar-refractivity contribution in [3.63, 3.8) is 0 Å². The summed E-state index contributed by atoms with van der Waals surface area (Å²) in [5.41, 5.74) is 4.75. The van der Waals surface area contributed by atoms with Crippen LogP contribution in [0.5, 0.6) is 0 Å². The summed E-state index contributed by atoms with van der Waals surface area (Å²) in [6.45, 7) is 7.65. The van der Waals surface area contributed by atoms with Crippen molar-refractivity contribution < 1.29 is 0 Å². The molecule has 7 heteroatoms. The highest BCUT2D eigenvalue weighted by molar-refractivity contribution is 5.87. The molecule has 1 aliphatic rings. The number of aryl methyl sites for hydroxylation is 2. The predicted octanol–water partition coefficient (Wildman–Crippen LogP) is 3.61. The minimum atomic E-state index is 0.720. The van der Waals surface area contributed by atoms with Crippen molar-refractivity contribution in [2.24, 2.45) is 7.05 Å². The van der Waals surface area contributed by atoms with Gasteiger partial charge in [-0.3, -0.25) is 9.58 Å². The van der Waals surface area contributed by atoms with E-state index in [1.807, 2.05) is 17.9 Å². The Morgan fingerprint density at radius 1 is 0.906 bits per heavy atom. The average molecular weight is 428 g/mol. The maximum absolute atomic E-state index is 4.92. The van der Waals surface area contributed by atoms with E-state index in [-0.39, 0.29) is 0 Å². The van der Waals surface area contributed by atoms with E-state index in [1.165, 1.54) is 16.7 Å². The van der Waals surface area contributed by atoms with Gasteiger partial charge in [-0.1, -0.05) is 54.6 Å². The molecule has 1 saturated heterocycles. The van der Waals surface area contributed by atoms with Crippen molar-refractivity contribution in [2.75, 3.05) is 36.4 Å². The van der Waals surface area contributed by atoms with Crippen molar-refractivity contribution in [1.82, 2.24) is 24.6 Å². The van der Waals surface area contributed by atoms with Gasteiger partial charge in [-0.25, -0.2) is 0 Å². The Morgan fingerprint density at radius 2 is 1.66 bits per heavy atom. The molecule has 1 fully saturated rings. The quantitative estimate of drug-likeness (QED) is 0.507. The average Bonchev–Trinajstić information content (AvgIpc) is 3.20. The van der Waals surface area contributed by atoms with Crippen LogP contribution in [0.15, 0.2) is 60.8 Å². The Bertz CT molecular complexity index is 1190. The van der Waals surface area contributed by atoms with E-state index in [2.05, 4.69) is 81.7 Å². The minimum Gasteiger partial charge on any atom is -0.365 e. The fourth-order valence-corrected chi connectivity index (χ4v) is 4.22. The molecule has 32 heavy (non-hydrogen) atoms. The first kappa shape index (κ1) is 20.5. The number of anilines is 2. The van der Waals surface area contributed by atoms with Gasteiger partial charge in [0.2, 0.25) is 5.95 Å². The van der Waals surface area contributed by atoms with E-state index in [4.69, 9.17) is 9.97 Å². The zero-order chi connectivity index (χ0) is 21.9. The summed E-state index contributed by atoms with van der Waals surface area (Å²) in [7, 11) is 1.93. The summed E-state index contributed by atoms with van der Waals surface area (Å²) in [6, 6.07) is 19.1. The lowest BCUT2D eigenvalue weighted by Crippen LogP contribution is -2.46. The summed E-state index contributed by atoms with van der Waals surface area (Å²) in [4.78, 5) is 14.6. The molecule has 4 aromatic rings. The van der Waals surface area contributed by atoms with E-state index in [1.54, 1.807) is 0 Å². The largest absolute Gasteiger partial charge is 0.365 e. The van der Waals surface area contributed by atoms with Gasteiger partial charge in [0.1, 0.15) is 5.82 Å². The van der Waals surface area contributed by atoms with E-state index < -0.39 is 0 Å². The van der Waals surface area contributed by atoms with Crippen LogP contribution < -0.4 is 10.2 Å². The summed E-state index contributed by atoms with van der Waals surface area (Å²) < 4.78 is 1.82. The normalized spacial score (nSPS) is 14.8. The van der Waals surface area contributed by atoms with Gasteiger partial charge in [0.05, 0.1) is 11.6 Å². The van der Waals surface area contributed by atoms with Gasteiger partial charge in [0.25, 0.3) is 0 Å². The van der Waals surface area contributed by atoms with Crippen LogP contribution in [-0.4, -0.2) is 50.8 Å². The molecule has 0 aliphatic carbocycles. The maximum atomic E-state index is 4.92. The molecule has 0 amide bonds. The molecule has 0 bridgehead atoms. The standard InChI is InChI=1S/C25H29N7/c1-19-8-6-7-11-21(19)16-26-23-22-17-27-30(2)24(22)29-25(28-23)32-14-12-31(13-15-32)18-20-9-4-3-5-10-20/h3-11,17H,12-16,18H2,1-2H3,(H,26,28,29). The molecule has 0 saturated carbocycles. The van der Waals surface area contributed by atoms with Crippen LogP contribution in [-0.2, 0) is 20.1 Å². The predicted molar refractivity (Wildman–Crippen MR) is 129 cm³/mol. The molecule has 0 spiro atoms. The van der Waals surface area contributed by atoms with E-state index in [0.717, 1.165) is 62.1 Å². The number of fused-ring (bicyclic) bond motifs is 1. The highest BCUT2D eigenvalue weighted by Crippen LogP contribution is 2.25. The second-order valence-corrected chi connectivity index (χ2v) is 8.41. The number of nitrogens with one attached hydrogen (secondary N) is 1. The van der Waals surface area contributed by atoms with Crippen molar-refractivity contribution in [2.45, 2.75) is 20.0 Å². The fourth-order valence-electron chi connectivity index (χ4n) is 4.22. The lowest BCUT2D eigenvalue weighted by molar-refractivity contribution is 0.249. The Labute approximate surface area is 188 Å². The van der Waals surface area contributed by atoms with E-state index in [0.29, 0.717) is 0 Å². The fraction of sp³-hybridized carbons (Fsp3) is 0.320. The topological polar surface area (TPSA) is 62.1 Å². The zero-order valence-corrected chi connectivity index (χ0v) is 18.7. The van der Waals surface area contributed by atoms with Gasteiger partial charge in [0, 0.05) is 46.3 Å². The monoisotopic (exact) mass is 427 g/mol. The van der Waals surface area contributed by atoms with Gasteiger partial charge in [0.15, 0.2) is 5.65 Å². The first-order chi connectivity index (χ1) is 15.7. The van der Waals surface area contributed by atoms with Gasteiger partial charge < -0.3 is 10.2 Å². The first-order valence-electron chi connectivity index (χ1n) is 11.2. The van der Waals surface area contributed by atoms with Crippen molar-refractivity contribution in [3.05, 3.63) is 77.5 Å². The van der Waals surface area contributed by atoms with Gasteiger partial charge in [-0.05, 0) is 23.6 Å². The lowest BCUT2D eigenvalue weighted by Gasteiger charge is -2.34. The second kappa shape index (κ2) is 8.96. The number of nitrogens with zero attached hydrogens (tertiary/aromatic N) is 6. The third kappa shape index (κ3) is 4.29. The van der Waals surface area contributed by atoms with Crippen LogP contribution in [0.25, 0.3) is 11.0 Å². The summed E-state index contributed by atoms with van der Waals surface area (Å²) in [5, 5.41) is 8.91. The Balaban J connectivity index is 1.33. The van der Waals surface area contributed by atoms with Crippen LogP contribution in [0.4, 0.5) is 11.8 Å². The number of hydrogen-bond acceptors (Lipinski definition) is 6. The van der Waals surface area contributed by atoms with Crippen LogP contribution in [0, 0.1) is 6.92 Å². The zero-order valence-electron chi connectivity index (χ0n) is 18.7. The van der Waals surface area contributed by atoms with E-state index in [9.17, 15) is 0 Å². The molecule has 1 aliphatic heterocycles. The lowest BCUT2D eigenvalue weighted by atomic mass is 10.1. The number of hydrogen-bond donors (Lipinski definition) is 1. The van der Waals surface area contributed by atoms with Gasteiger partial charge >= 0.3 is 0 Å². The Kier molecular flexibility index (Phi) is 5.73. The number of rotatable bonds is 6. The molecule has 7 nitrogen and oxygen atoms in total. The van der Waals surface area contributed by atoms with E-state index >= 15 is 0 Å². The summed E-state index contributed by atoms with van der Waals surface area (Å²) >= 11 is 0. The molecule has 3 heterocycles. The van der Waals surface area contributed by atoms with Crippen molar-refractivity contribution in [3.8, 4) is 0 Å². The van der Waals surface area contributed by atoms with Gasteiger partial charge in [-0.2, -0.15) is 15.1 Å². The summed E-state index contributed by atoms with van der Waals surface area (Å²) in [5.74, 6) is 1.61. The van der Waals surface area contributed by atoms with Crippen LogP contribution in [0.2, 0.25) is 0 Å². The Hall–Kier alpha value is -3.45. The summed E-state index contributed by atoms with van der Waals surface area (Å²) in [6.07, 6.45) is 1.84. The number of aromatic nitrogens is 4. The second-order valence-electron chi connectivity index (χ2n) is 8.41. The minimum absolute atomic E-state index is 0.720. The number of benzene rings is 2. The molecule has 164 valence electrons. The number of piperazine rings is 1. The maximum Gasteiger partial charge on any atom is 0.229 e. The third-order valence-corrected chi connectivity index (χ3v) is 6.19. The molecule has 1 N–H and O–H groups in total. The highest BCUT2D eigenvalue weighted by atomic mass is 15.4. The first-order valence-corrected chi connectivity index (χ1v) is 11.2. The molecule has 2 aromatic heterocycles. The van der Waals surface area contributed by atoms with Crippen molar-refractivity contribution >= 4 is 22.8 Å². The van der Waals surface area contributed by atoms with Crippen LogP contribution in [0.3, 0.4) is 0 Å². The molecule has 5 rings (SSSR count). The van der Waals surface area contributed by atoms with Crippen LogP contribution >= 0.6 is 0 Å². The molecule has 0 atom stereocenters. The molecule has 2 aromatic carbocycles. The smallest absolute Gasteiger partial charge is 0.229 e. The molecule has 0 radical (unpaired) electrons. The van der Waals surface area contributed by atoms with Crippen LogP contribution in [0.1, 0.15) is 16.7 Å². The Morgan fingerprint density at radius 3 is 2.44 bits per heavy atom. The molecule has 0 unspecified atom stereocenters. The third-order valence-electron chi connectivity index (χ3n) is 6.19. The molecular weight excluding hydrogens is 398 g/mol.